The quantitative estimate of drug-likeness (QED) is 0.623. The molecule has 3 nitrogen and oxygen atoms in total. The molecule has 0 bridgehead atoms. The molecule has 0 radical (unpaired) electrons. The molecule has 2 N–H and O–H groups in total. The van der Waals surface area contributed by atoms with Crippen molar-refractivity contribution < 1.29 is 4.79 Å². The third kappa shape index (κ3) is 6.59. The number of carbonyl (C=O) groups is 1. The zero-order valence-electron chi connectivity index (χ0n) is 17.0. The maximum absolute atomic E-state index is 12.5. The molecule has 0 aromatic heterocycles. The van der Waals surface area contributed by atoms with Crippen LogP contribution in [-0.2, 0) is 12.0 Å². The number of aryl methyl sites for hydroxylation is 1. The van der Waals surface area contributed by atoms with Gasteiger partial charge >= 0.3 is 6.03 Å². The molecule has 0 unspecified atom stereocenters. The largest absolute Gasteiger partial charge is 0.336 e. The second-order valence-electron chi connectivity index (χ2n) is 7.86. The summed E-state index contributed by atoms with van der Waals surface area (Å²) in [5, 5.41) is 6.16. The normalized spacial score (nSPS) is 12.3. The summed E-state index contributed by atoms with van der Waals surface area (Å²) < 4.78 is 0. The van der Waals surface area contributed by atoms with Gasteiger partial charge < -0.3 is 10.6 Å². The smallest absolute Gasteiger partial charge is 0.315 e. The van der Waals surface area contributed by atoms with Gasteiger partial charge in [0.25, 0.3) is 0 Å². The topological polar surface area (TPSA) is 41.1 Å². The summed E-state index contributed by atoms with van der Waals surface area (Å²) in [5.41, 5.74) is 4.06. The number of allylic oxidation sites excluding steroid dienone is 1. The first kappa shape index (κ1) is 20.8. The number of benzene rings is 2. The second-order valence-corrected chi connectivity index (χ2v) is 7.86. The van der Waals surface area contributed by atoms with E-state index >= 15 is 0 Å². The molecular formula is C24H32N2O. The van der Waals surface area contributed by atoms with E-state index in [-0.39, 0.29) is 12.1 Å². The zero-order valence-corrected chi connectivity index (χ0v) is 17.0. The van der Waals surface area contributed by atoms with Gasteiger partial charge in [0.15, 0.2) is 0 Å². The summed E-state index contributed by atoms with van der Waals surface area (Å²) >= 11 is 0. The highest BCUT2D eigenvalue weighted by atomic mass is 16.2. The predicted octanol–water partition coefficient (Wildman–Crippen LogP) is 5.67. The zero-order chi connectivity index (χ0) is 19.9. The van der Waals surface area contributed by atoms with E-state index in [0.717, 1.165) is 36.0 Å². The maximum Gasteiger partial charge on any atom is 0.315 e. The van der Waals surface area contributed by atoms with Gasteiger partial charge in [0, 0.05) is 6.04 Å². The second kappa shape index (κ2) is 9.40. The lowest BCUT2D eigenvalue weighted by molar-refractivity contribution is 0.226. The van der Waals surface area contributed by atoms with E-state index < -0.39 is 5.54 Å². The first-order valence-electron chi connectivity index (χ1n) is 9.67. The lowest BCUT2D eigenvalue weighted by atomic mass is 9.92. The Morgan fingerprint density at radius 2 is 1.81 bits per heavy atom. The van der Waals surface area contributed by atoms with E-state index in [2.05, 4.69) is 54.5 Å². The first-order chi connectivity index (χ1) is 12.8. The molecule has 2 amide bonds. The first-order valence-corrected chi connectivity index (χ1v) is 9.67. The van der Waals surface area contributed by atoms with Crippen LogP contribution in [0.1, 0.15) is 57.2 Å². The van der Waals surface area contributed by atoms with Crippen LogP contribution in [0.3, 0.4) is 0 Å². The summed E-state index contributed by atoms with van der Waals surface area (Å²) in [7, 11) is 0. The van der Waals surface area contributed by atoms with Crippen LogP contribution in [0.4, 0.5) is 4.79 Å². The highest BCUT2D eigenvalue weighted by molar-refractivity contribution is 5.75. The molecule has 0 fully saturated rings. The summed E-state index contributed by atoms with van der Waals surface area (Å²) in [6.45, 7) is 12.1. The van der Waals surface area contributed by atoms with Gasteiger partial charge in [0.05, 0.1) is 5.54 Å². The summed E-state index contributed by atoms with van der Waals surface area (Å²) in [6.07, 6.45) is 3.04. The number of carbonyl (C=O) groups excluding carboxylic acids is 1. The molecule has 27 heavy (non-hydrogen) atoms. The molecule has 2 rings (SSSR count). The van der Waals surface area contributed by atoms with E-state index in [1.54, 1.807) is 0 Å². The molecule has 3 heteroatoms. The van der Waals surface area contributed by atoms with Crippen molar-refractivity contribution in [1.29, 1.82) is 0 Å². The third-order valence-corrected chi connectivity index (χ3v) is 4.83. The fourth-order valence-corrected chi connectivity index (χ4v) is 3.12. The van der Waals surface area contributed by atoms with Crippen molar-refractivity contribution in [2.45, 2.75) is 58.5 Å². The molecule has 2 aromatic rings. The Hall–Kier alpha value is -2.55. The van der Waals surface area contributed by atoms with Crippen LogP contribution in [0, 0.1) is 0 Å². The Morgan fingerprint density at radius 3 is 2.48 bits per heavy atom. The summed E-state index contributed by atoms with van der Waals surface area (Å²) in [6, 6.07) is 18.6. The van der Waals surface area contributed by atoms with E-state index in [1.807, 2.05) is 45.0 Å². The molecule has 0 saturated carbocycles. The Morgan fingerprint density at radius 1 is 1.11 bits per heavy atom. The standard InChI is InChI=1S/C24H32N2O/c1-18(2)21-15-10-16-22(17-21)24(4,5)26-23(27)25-19(3)11-9-14-20-12-7-6-8-13-20/h6-8,10,12-13,15-17,19H,1,9,11,14H2,2-5H3,(H2,25,26,27)/t19-/m0/s1. The number of amides is 2. The molecule has 0 heterocycles. The molecular weight excluding hydrogens is 332 g/mol. The number of nitrogens with one attached hydrogen (secondary N) is 2. The molecule has 0 spiro atoms. The molecule has 2 aromatic carbocycles. The van der Waals surface area contributed by atoms with Gasteiger partial charge in [0.2, 0.25) is 0 Å². The Labute approximate surface area is 163 Å². The van der Waals surface area contributed by atoms with Crippen molar-refractivity contribution in [3.63, 3.8) is 0 Å². The van der Waals surface area contributed by atoms with E-state index in [9.17, 15) is 4.79 Å². The number of hydrogen-bond donors (Lipinski definition) is 2. The molecule has 0 aliphatic rings. The molecule has 144 valence electrons. The fraction of sp³-hybridized carbons (Fsp3) is 0.375. The predicted molar refractivity (Wildman–Crippen MR) is 115 cm³/mol. The van der Waals surface area contributed by atoms with Crippen molar-refractivity contribution in [2.75, 3.05) is 0 Å². The Bertz CT molecular complexity index is 765. The van der Waals surface area contributed by atoms with Crippen LogP contribution >= 0.6 is 0 Å². The van der Waals surface area contributed by atoms with Gasteiger partial charge in [-0.15, -0.1) is 0 Å². The summed E-state index contributed by atoms with van der Waals surface area (Å²) in [4.78, 5) is 12.5. The fourth-order valence-electron chi connectivity index (χ4n) is 3.12. The third-order valence-electron chi connectivity index (χ3n) is 4.83. The molecule has 1 atom stereocenters. The Balaban J connectivity index is 1.84. The SMILES string of the molecule is C=C(C)c1cccc(C(C)(C)NC(=O)N[C@@H](C)CCCc2ccccc2)c1. The van der Waals surface area contributed by atoms with Gasteiger partial charge in [-0.3, -0.25) is 0 Å². The lowest BCUT2D eigenvalue weighted by Gasteiger charge is -2.28. The van der Waals surface area contributed by atoms with Crippen molar-refractivity contribution >= 4 is 11.6 Å². The highest BCUT2D eigenvalue weighted by Crippen LogP contribution is 2.23. The highest BCUT2D eigenvalue weighted by Gasteiger charge is 2.23. The van der Waals surface area contributed by atoms with Crippen LogP contribution in [0.25, 0.3) is 5.57 Å². The average molecular weight is 365 g/mol. The minimum absolute atomic E-state index is 0.131. The maximum atomic E-state index is 12.5. The van der Waals surface area contributed by atoms with Gasteiger partial charge in [-0.05, 0) is 69.7 Å². The molecule has 0 saturated heterocycles. The number of rotatable bonds is 8. The minimum Gasteiger partial charge on any atom is -0.336 e. The van der Waals surface area contributed by atoms with Crippen LogP contribution in [0.5, 0.6) is 0 Å². The molecule has 0 aliphatic carbocycles. The van der Waals surface area contributed by atoms with Crippen molar-refractivity contribution in [1.82, 2.24) is 10.6 Å². The van der Waals surface area contributed by atoms with Gasteiger partial charge in [-0.25, -0.2) is 4.79 Å². The van der Waals surface area contributed by atoms with E-state index in [4.69, 9.17) is 0 Å². The summed E-state index contributed by atoms with van der Waals surface area (Å²) in [5.74, 6) is 0. The van der Waals surface area contributed by atoms with Crippen LogP contribution in [0.15, 0.2) is 61.2 Å². The van der Waals surface area contributed by atoms with Gasteiger partial charge in [-0.1, -0.05) is 60.7 Å². The van der Waals surface area contributed by atoms with Gasteiger partial charge in [0.1, 0.15) is 0 Å². The van der Waals surface area contributed by atoms with Crippen molar-refractivity contribution in [2.24, 2.45) is 0 Å². The van der Waals surface area contributed by atoms with Crippen LogP contribution in [0.2, 0.25) is 0 Å². The van der Waals surface area contributed by atoms with Crippen molar-refractivity contribution in [3.05, 3.63) is 77.9 Å². The lowest BCUT2D eigenvalue weighted by Crippen LogP contribution is -2.48. The van der Waals surface area contributed by atoms with Crippen LogP contribution in [-0.4, -0.2) is 12.1 Å². The average Bonchev–Trinajstić information content (AvgIpc) is 2.62. The minimum atomic E-state index is -0.459. The van der Waals surface area contributed by atoms with E-state index in [0.29, 0.717) is 0 Å². The Kier molecular flexibility index (Phi) is 7.23. The number of hydrogen-bond acceptors (Lipinski definition) is 1. The van der Waals surface area contributed by atoms with Gasteiger partial charge in [-0.2, -0.15) is 0 Å². The van der Waals surface area contributed by atoms with E-state index in [1.165, 1.54) is 5.56 Å². The molecule has 0 aliphatic heterocycles. The van der Waals surface area contributed by atoms with Crippen LogP contribution < -0.4 is 10.6 Å². The number of urea groups is 1. The van der Waals surface area contributed by atoms with Crippen molar-refractivity contribution in [3.8, 4) is 0 Å². The monoisotopic (exact) mass is 364 g/mol.